The number of hydrogen-bond acceptors (Lipinski definition) is 4. The molecule has 0 fully saturated rings. The van der Waals surface area contributed by atoms with Gasteiger partial charge in [-0.2, -0.15) is 0 Å². The topological polar surface area (TPSA) is 58.9 Å². The average Bonchev–Trinajstić information content (AvgIpc) is 2.28. The van der Waals surface area contributed by atoms with Crippen molar-refractivity contribution in [1.82, 2.24) is 0 Å². The summed E-state index contributed by atoms with van der Waals surface area (Å²) < 4.78 is 0. The molecule has 0 heterocycles. The van der Waals surface area contributed by atoms with E-state index in [1.165, 1.54) is 12.2 Å². The van der Waals surface area contributed by atoms with E-state index >= 15 is 0 Å². The minimum atomic E-state index is 0.341. The Balaban J connectivity index is 3.05. The fourth-order valence-corrected chi connectivity index (χ4v) is 1.51. The SMILES string of the molecule is Cc1cc(CN=C=O)c(C)cc1CN=C=O. The number of aliphatic imine (C=N–C) groups is 2. The molecule has 0 saturated heterocycles. The number of nitrogens with zero attached hydrogens (tertiary/aromatic N) is 2. The van der Waals surface area contributed by atoms with Crippen LogP contribution < -0.4 is 0 Å². The minimum absolute atomic E-state index is 0.341. The first-order chi connectivity index (χ1) is 7.69. The van der Waals surface area contributed by atoms with Crippen molar-refractivity contribution < 1.29 is 9.59 Å². The molecule has 0 radical (unpaired) electrons. The van der Waals surface area contributed by atoms with Crippen LogP contribution in [0.2, 0.25) is 0 Å². The highest BCUT2D eigenvalue weighted by Crippen LogP contribution is 2.17. The third-order valence-electron chi connectivity index (χ3n) is 2.42. The van der Waals surface area contributed by atoms with Crippen LogP contribution in [0.3, 0.4) is 0 Å². The van der Waals surface area contributed by atoms with Crippen molar-refractivity contribution in [3.8, 4) is 0 Å². The van der Waals surface area contributed by atoms with Gasteiger partial charge in [-0.25, -0.2) is 19.6 Å². The molecular formula is C12H12N2O2. The van der Waals surface area contributed by atoms with Crippen LogP contribution in [0.4, 0.5) is 0 Å². The summed E-state index contributed by atoms with van der Waals surface area (Å²) in [5.41, 5.74) is 4.03. The molecule has 0 aliphatic carbocycles. The van der Waals surface area contributed by atoms with Gasteiger partial charge in [0.2, 0.25) is 12.2 Å². The highest BCUT2D eigenvalue weighted by atomic mass is 16.1. The van der Waals surface area contributed by atoms with Crippen LogP contribution in [-0.2, 0) is 22.7 Å². The smallest absolute Gasteiger partial charge is 0.211 e. The van der Waals surface area contributed by atoms with E-state index in [1.807, 2.05) is 26.0 Å². The maximum Gasteiger partial charge on any atom is 0.235 e. The van der Waals surface area contributed by atoms with E-state index in [-0.39, 0.29) is 0 Å². The van der Waals surface area contributed by atoms with Crippen LogP contribution in [0, 0.1) is 13.8 Å². The van der Waals surface area contributed by atoms with Gasteiger partial charge < -0.3 is 0 Å². The second-order valence-corrected chi connectivity index (χ2v) is 3.52. The fourth-order valence-electron chi connectivity index (χ4n) is 1.51. The van der Waals surface area contributed by atoms with E-state index in [0.717, 1.165) is 22.3 Å². The lowest BCUT2D eigenvalue weighted by Gasteiger charge is -2.08. The standard InChI is InChI=1S/C12H12N2O2/c1-9-3-12(6-14-8-16)10(2)4-11(9)5-13-7-15/h3-4H,5-6H2,1-2H3. The van der Waals surface area contributed by atoms with Gasteiger partial charge in [-0.3, -0.25) is 0 Å². The van der Waals surface area contributed by atoms with Crippen LogP contribution >= 0.6 is 0 Å². The molecule has 4 heteroatoms. The van der Waals surface area contributed by atoms with Crippen LogP contribution in [-0.4, -0.2) is 12.2 Å². The molecule has 82 valence electrons. The summed E-state index contributed by atoms with van der Waals surface area (Å²) in [6.45, 7) is 4.55. The second kappa shape index (κ2) is 5.76. The Hall–Kier alpha value is -2.02. The van der Waals surface area contributed by atoms with Crippen molar-refractivity contribution in [1.29, 1.82) is 0 Å². The molecule has 0 bridgehead atoms. The van der Waals surface area contributed by atoms with Crippen LogP contribution in [0.1, 0.15) is 22.3 Å². The van der Waals surface area contributed by atoms with E-state index in [1.54, 1.807) is 0 Å². The Kier molecular flexibility index (Phi) is 4.34. The van der Waals surface area contributed by atoms with Gasteiger partial charge in [0.15, 0.2) is 0 Å². The van der Waals surface area contributed by atoms with E-state index in [0.29, 0.717) is 13.1 Å². The minimum Gasteiger partial charge on any atom is -0.211 e. The highest BCUT2D eigenvalue weighted by molar-refractivity contribution is 5.40. The Labute approximate surface area is 93.7 Å². The zero-order valence-electron chi connectivity index (χ0n) is 9.28. The molecule has 16 heavy (non-hydrogen) atoms. The zero-order valence-corrected chi connectivity index (χ0v) is 9.28. The van der Waals surface area contributed by atoms with Gasteiger partial charge in [0.1, 0.15) is 0 Å². The van der Waals surface area contributed by atoms with Gasteiger partial charge >= 0.3 is 0 Å². The molecule has 0 amide bonds. The Morgan fingerprint density at radius 3 is 1.62 bits per heavy atom. The van der Waals surface area contributed by atoms with Crippen molar-refractivity contribution in [2.45, 2.75) is 26.9 Å². The predicted molar refractivity (Wildman–Crippen MR) is 59.6 cm³/mol. The monoisotopic (exact) mass is 216 g/mol. The normalized spacial score (nSPS) is 9.12. The number of carbonyl (C=O) groups excluding carboxylic acids is 2. The Morgan fingerprint density at radius 1 is 0.938 bits per heavy atom. The summed E-state index contributed by atoms with van der Waals surface area (Å²) in [5.74, 6) is 0. The number of aryl methyl sites for hydroxylation is 2. The molecule has 1 aromatic rings. The zero-order chi connectivity index (χ0) is 12.0. The van der Waals surface area contributed by atoms with Crippen LogP contribution in [0.25, 0.3) is 0 Å². The van der Waals surface area contributed by atoms with Gasteiger partial charge in [-0.15, -0.1) is 0 Å². The van der Waals surface area contributed by atoms with Gasteiger partial charge in [0.25, 0.3) is 0 Å². The highest BCUT2D eigenvalue weighted by Gasteiger charge is 2.03. The maximum atomic E-state index is 10.0. The van der Waals surface area contributed by atoms with Gasteiger partial charge in [0.05, 0.1) is 13.1 Å². The largest absolute Gasteiger partial charge is 0.235 e. The molecule has 0 aliphatic heterocycles. The third kappa shape index (κ3) is 2.99. The summed E-state index contributed by atoms with van der Waals surface area (Å²) in [6, 6.07) is 3.90. The first-order valence-electron chi connectivity index (χ1n) is 4.85. The molecule has 0 spiro atoms. The quantitative estimate of drug-likeness (QED) is 0.570. The summed E-state index contributed by atoms with van der Waals surface area (Å²) >= 11 is 0. The molecule has 0 unspecified atom stereocenters. The molecule has 0 N–H and O–H groups in total. The number of hydrogen-bond donors (Lipinski definition) is 0. The molecule has 0 saturated carbocycles. The number of benzene rings is 1. The lowest BCUT2D eigenvalue weighted by atomic mass is 10.00. The van der Waals surface area contributed by atoms with Crippen LogP contribution in [0.15, 0.2) is 22.1 Å². The first kappa shape index (κ1) is 12.1. The Bertz CT molecular complexity index is 436. The van der Waals surface area contributed by atoms with E-state index < -0.39 is 0 Å². The van der Waals surface area contributed by atoms with Crippen molar-refractivity contribution in [3.05, 3.63) is 34.4 Å². The third-order valence-corrected chi connectivity index (χ3v) is 2.42. The van der Waals surface area contributed by atoms with E-state index in [9.17, 15) is 9.59 Å². The van der Waals surface area contributed by atoms with Crippen molar-refractivity contribution in [2.24, 2.45) is 9.98 Å². The predicted octanol–water partition coefficient (Wildman–Crippen LogP) is 1.98. The molecule has 0 atom stereocenters. The summed E-state index contributed by atoms with van der Waals surface area (Å²) in [7, 11) is 0. The summed E-state index contributed by atoms with van der Waals surface area (Å²) in [5, 5.41) is 0. The lowest BCUT2D eigenvalue weighted by molar-refractivity contribution is 0.562. The number of rotatable bonds is 4. The average molecular weight is 216 g/mol. The van der Waals surface area contributed by atoms with Crippen molar-refractivity contribution in [3.63, 3.8) is 0 Å². The van der Waals surface area contributed by atoms with E-state index in [2.05, 4.69) is 9.98 Å². The molecule has 4 nitrogen and oxygen atoms in total. The van der Waals surface area contributed by atoms with Crippen molar-refractivity contribution >= 4 is 12.2 Å². The molecule has 0 aromatic heterocycles. The summed E-state index contributed by atoms with van der Waals surface area (Å²) in [4.78, 5) is 27.2. The summed E-state index contributed by atoms with van der Waals surface area (Å²) in [6.07, 6.45) is 3.03. The lowest BCUT2D eigenvalue weighted by Crippen LogP contribution is -1.94. The fraction of sp³-hybridized carbons (Fsp3) is 0.333. The van der Waals surface area contributed by atoms with Crippen molar-refractivity contribution in [2.75, 3.05) is 0 Å². The first-order valence-corrected chi connectivity index (χ1v) is 4.85. The molecular weight excluding hydrogens is 204 g/mol. The Morgan fingerprint density at radius 2 is 1.31 bits per heavy atom. The number of isocyanates is 2. The maximum absolute atomic E-state index is 10.0. The van der Waals surface area contributed by atoms with Gasteiger partial charge in [-0.1, -0.05) is 12.1 Å². The molecule has 1 rings (SSSR count). The molecule has 1 aromatic carbocycles. The van der Waals surface area contributed by atoms with Gasteiger partial charge in [0, 0.05) is 0 Å². The van der Waals surface area contributed by atoms with E-state index in [4.69, 9.17) is 0 Å². The second-order valence-electron chi connectivity index (χ2n) is 3.52. The van der Waals surface area contributed by atoms with Gasteiger partial charge in [-0.05, 0) is 36.1 Å². The van der Waals surface area contributed by atoms with Crippen LogP contribution in [0.5, 0.6) is 0 Å². The molecule has 0 aliphatic rings.